The van der Waals surface area contributed by atoms with E-state index in [1.54, 1.807) is 0 Å². The van der Waals surface area contributed by atoms with Crippen molar-refractivity contribution in [2.45, 2.75) is 18.9 Å². The van der Waals surface area contributed by atoms with Crippen LogP contribution in [0.1, 0.15) is 24.4 Å². The molecule has 2 rings (SSSR count). The zero-order valence-electron chi connectivity index (χ0n) is 7.70. The maximum atomic E-state index is 4.32. The Balaban J connectivity index is 2.20. The van der Waals surface area contributed by atoms with Crippen LogP contribution in [0, 0.1) is 3.70 Å². The molecule has 3 heteroatoms. The molecule has 0 N–H and O–H groups in total. The predicted octanol–water partition coefficient (Wildman–Crippen LogP) is 2.45. The van der Waals surface area contributed by atoms with Crippen molar-refractivity contribution < 1.29 is 0 Å². The summed E-state index contributed by atoms with van der Waals surface area (Å²) in [6.07, 6.45) is 4.60. The fraction of sp³-hybridized carbons (Fsp3) is 0.500. The lowest BCUT2D eigenvalue weighted by Gasteiger charge is -2.19. The molecule has 1 aromatic rings. The third-order valence-electron chi connectivity index (χ3n) is 2.66. The zero-order chi connectivity index (χ0) is 9.26. The van der Waals surface area contributed by atoms with Crippen molar-refractivity contribution in [3.63, 3.8) is 0 Å². The molecule has 70 valence electrons. The fourth-order valence-corrected chi connectivity index (χ4v) is 2.23. The summed E-state index contributed by atoms with van der Waals surface area (Å²) in [5.41, 5.74) is 1.36. The van der Waals surface area contributed by atoms with Gasteiger partial charge in [-0.25, -0.2) is 4.98 Å². The molecule has 1 aliphatic heterocycles. The van der Waals surface area contributed by atoms with Crippen LogP contribution in [0.2, 0.25) is 0 Å². The molecule has 2 nitrogen and oxygen atoms in total. The lowest BCUT2D eigenvalue weighted by atomic mass is 10.1. The average molecular weight is 288 g/mol. The van der Waals surface area contributed by atoms with Crippen LogP contribution in [0.3, 0.4) is 0 Å². The van der Waals surface area contributed by atoms with Gasteiger partial charge in [0.2, 0.25) is 0 Å². The predicted molar refractivity (Wildman–Crippen MR) is 61.6 cm³/mol. The summed E-state index contributed by atoms with van der Waals surface area (Å²) in [6, 6.07) is 4.88. The summed E-state index contributed by atoms with van der Waals surface area (Å²) in [4.78, 5) is 6.72. The molecule has 0 aliphatic carbocycles. The number of rotatable bonds is 1. The summed E-state index contributed by atoms with van der Waals surface area (Å²) in [6.45, 7) is 1.22. The molecular weight excluding hydrogens is 275 g/mol. The molecule has 0 radical (unpaired) electrons. The molecule has 1 atom stereocenters. The largest absolute Gasteiger partial charge is 0.299 e. The van der Waals surface area contributed by atoms with E-state index in [0.717, 1.165) is 3.70 Å². The molecule has 13 heavy (non-hydrogen) atoms. The monoisotopic (exact) mass is 288 g/mol. The lowest BCUT2D eigenvalue weighted by Crippen LogP contribution is -2.17. The van der Waals surface area contributed by atoms with Gasteiger partial charge in [0.1, 0.15) is 3.70 Å². The van der Waals surface area contributed by atoms with Gasteiger partial charge < -0.3 is 0 Å². The molecule has 1 aromatic heterocycles. The Labute approximate surface area is 92.5 Å². The first-order valence-corrected chi connectivity index (χ1v) is 5.67. The minimum atomic E-state index is 0.601. The molecule has 1 unspecified atom stereocenters. The Morgan fingerprint density at radius 3 is 2.92 bits per heavy atom. The van der Waals surface area contributed by atoms with E-state index < -0.39 is 0 Å². The number of halogens is 1. The van der Waals surface area contributed by atoms with Gasteiger partial charge in [0, 0.05) is 12.2 Å². The Kier molecular flexibility index (Phi) is 2.83. The molecule has 0 saturated carbocycles. The number of pyridine rings is 1. The van der Waals surface area contributed by atoms with Crippen LogP contribution in [-0.2, 0) is 0 Å². The van der Waals surface area contributed by atoms with Crippen LogP contribution in [0.5, 0.6) is 0 Å². The first kappa shape index (κ1) is 9.40. The molecule has 1 fully saturated rings. The molecule has 0 amide bonds. The highest BCUT2D eigenvalue weighted by molar-refractivity contribution is 14.1. The molecule has 0 spiro atoms. The Hall–Kier alpha value is -0.160. The van der Waals surface area contributed by atoms with Gasteiger partial charge in [-0.1, -0.05) is 6.07 Å². The Morgan fingerprint density at radius 2 is 2.38 bits per heavy atom. The highest BCUT2D eigenvalue weighted by Gasteiger charge is 2.22. The molecule has 2 heterocycles. The number of aromatic nitrogens is 1. The van der Waals surface area contributed by atoms with E-state index in [1.165, 1.54) is 24.9 Å². The third-order valence-corrected chi connectivity index (χ3v) is 3.29. The number of likely N-dealkylation sites (tertiary alicyclic amines) is 1. The second-order valence-electron chi connectivity index (χ2n) is 3.55. The average Bonchev–Trinajstić information content (AvgIpc) is 2.53. The van der Waals surface area contributed by atoms with Crippen molar-refractivity contribution in [3.05, 3.63) is 27.6 Å². The molecule has 1 saturated heterocycles. The van der Waals surface area contributed by atoms with Gasteiger partial charge in [-0.2, -0.15) is 0 Å². The van der Waals surface area contributed by atoms with Gasteiger partial charge in [-0.05, 0) is 60.7 Å². The normalized spacial score (nSPS) is 23.7. The maximum absolute atomic E-state index is 4.32. The van der Waals surface area contributed by atoms with Crippen LogP contribution < -0.4 is 0 Å². The minimum absolute atomic E-state index is 0.601. The smallest absolute Gasteiger partial charge is 0.101 e. The van der Waals surface area contributed by atoms with E-state index in [-0.39, 0.29) is 0 Å². The summed E-state index contributed by atoms with van der Waals surface area (Å²) in [5, 5.41) is 0. The van der Waals surface area contributed by atoms with Crippen LogP contribution >= 0.6 is 22.6 Å². The summed E-state index contributed by atoms with van der Waals surface area (Å²) in [7, 11) is 2.19. The topological polar surface area (TPSA) is 16.1 Å². The van der Waals surface area contributed by atoms with Crippen molar-refractivity contribution in [3.8, 4) is 0 Å². The van der Waals surface area contributed by atoms with E-state index in [9.17, 15) is 0 Å². The van der Waals surface area contributed by atoms with Crippen molar-refractivity contribution in [1.29, 1.82) is 0 Å². The standard InChI is InChI=1S/C10H13IN2/c1-13-6-2-3-9(13)8-4-5-10(11)12-7-8/h4-5,7,9H,2-3,6H2,1H3. The maximum Gasteiger partial charge on any atom is 0.101 e. The second-order valence-corrected chi connectivity index (χ2v) is 4.66. The molecular formula is C10H13IN2. The van der Waals surface area contributed by atoms with Crippen LogP contribution in [0.15, 0.2) is 18.3 Å². The van der Waals surface area contributed by atoms with Crippen LogP contribution in [0.25, 0.3) is 0 Å². The van der Waals surface area contributed by atoms with Crippen molar-refractivity contribution >= 4 is 22.6 Å². The van der Waals surface area contributed by atoms with Gasteiger partial charge in [-0.3, -0.25) is 4.90 Å². The van der Waals surface area contributed by atoms with E-state index >= 15 is 0 Å². The Bertz CT molecular complexity index is 283. The number of hydrogen-bond donors (Lipinski definition) is 0. The molecule has 0 bridgehead atoms. The van der Waals surface area contributed by atoms with Crippen molar-refractivity contribution in [2.24, 2.45) is 0 Å². The van der Waals surface area contributed by atoms with E-state index in [4.69, 9.17) is 0 Å². The summed E-state index contributed by atoms with van der Waals surface area (Å²) >= 11 is 2.24. The van der Waals surface area contributed by atoms with Crippen molar-refractivity contribution in [1.82, 2.24) is 9.88 Å². The van der Waals surface area contributed by atoms with E-state index in [0.29, 0.717) is 6.04 Å². The van der Waals surface area contributed by atoms with Crippen LogP contribution in [0.4, 0.5) is 0 Å². The Morgan fingerprint density at radius 1 is 1.54 bits per heavy atom. The zero-order valence-corrected chi connectivity index (χ0v) is 9.86. The minimum Gasteiger partial charge on any atom is -0.299 e. The van der Waals surface area contributed by atoms with Gasteiger partial charge in [0.05, 0.1) is 0 Å². The molecule has 1 aliphatic rings. The van der Waals surface area contributed by atoms with Gasteiger partial charge in [-0.15, -0.1) is 0 Å². The quantitative estimate of drug-likeness (QED) is 0.583. The van der Waals surface area contributed by atoms with Gasteiger partial charge in [0.15, 0.2) is 0 Å². The van der Waals surface area contributed by atoms with Gasteiger partial charge >= 0.3 is 0 Å². The number of hydrogen-bond acceptors (Lipinski definition) is 2. The third kappa shape index (κ3) is 2.02. The fourth-order valence-electron chi connectivity index (χ4n) is 1.92. The van der Waals surface area contributed by atoms with E-state index in [1.807, 2.05) is 6.20 Å². The van der Waals surface area contributed by atoms with Crippen molar-refractivity contribution in [2.75, 3.05) is 13.6 Å². The first-order chi connectivity index (χ1) is 6.27. The highest BCUT2D eigenvalue weighted by Crippen LogP contribution is 2.29. The summed E-state index contributed by atoms with van der Waals surface area (Å²) < 4.78 is 1.07. The molecule has 0 aromatic carbocycles. The van der Waals surface area contributed by atoms with Crippen LogP contribution in [-0.4, -0.2) is 23.5 Å². The lowest BCUT2D eigenvalue weighted by molar-refractivity contribution is 0.317. The first-order valence-electron chi connectivity index (χ1n) is 4.59. The van der Waals surface area contributed by atoms with E-state index in [2.05, 4.69) is 51.7 Å². The number of nitrogens with zero attached hydrogens (tertiary/aromatic N) is 2. The highest BCUT2D eigenvalue weighted by atomic mass is 127. The second kappa shape index (κ2) is 3.92. The van der Waals surface area contributed by atoms with Gasteiger partial charge in [0.25, 0.3) is 0 Å². The summed E-state index contributed by atoms with van der Waals surface area (Å²) in [5.74, 6) is 0. The SMILES string of the molecule is CN1CCCC1c1ccc(I)nc1.